The number of aliphatic hydroxyl groups excluding tert-OH is 1. The molecule has 0 spiro atoms. The summed E-state index contributed by atoms with van der Waals surface area (Å²) in [5.74, 6) is -0.159. The van der Waals surface area contributed by atoms with E-state index in [2.05, 4.69) is 10.2 Å². The van der Waals surface area contributed by atoms with Crippen molar-refractivity contribution >= 4 is 0 Å². The average Bonchev–Trinajstić information content (AvgIpc) is 2.39. The Morgan fingerprint density at radius 1 is 1.26 bits per heavy atom. The molecule has 108 valence electrons. The van der Waals surface area contributed by atoms with E-state index in [0.717, 1.165) is 25.9 Å². The normalized spacial score (nSPS) is 14.6. The van der Waals surface area contributed by atoms with E-state index >= 15 is 0 Å². The number of benzene rings is 1. The van der Waals surface area contributed by atoms with Crippen molar-refractivity contribution < 1.29 is 9.50 Å². The molecule has 19 heavy (non-hydrogen) atoms. The molecule has 2 unspecified atom stereocenters. The lowest BCUT2D eigenvalue weighted by molar-refractivity contribution is 0.163. The third-order valence-electron chi connectivity index (χ3n) is 3.36. The third kappa shape index (κ3) is 5.68. The quantitative estimate of drug-likeness (QED) is 0.758. The van der Waals surface area contributed by atoms with Crippen molar-refractivity contribution in [2.75, 3.05) is 27.2 Å². The molecule has 0 saturated heterocycles. The fraction of sp³-hybridized carbons (Fsp3) is 0.600. The van der Waals surface area contributed by atoms with Crippen molar-refractivity contribution in [3.63, 3.8) is 0 Å². The van der Waals surface area contributed by atoms with Crippen LogP contribution in [0.4, 0.5) is 4.39 Å². The molecule has 0 radical (unpaired) electrons. The van der Waals surface area contributed by atoms with E-state index in [1.807, 2.05) is 26.2 Å². The number of aliphatic hydroxyl groups is 1. The average molecular weight is 268 g/mol. The van der Waals surface area contributed by atoms with E-state index in [1.165, 1.54) is 6.07 Å². The smallest absolute Gasteiger partial charge is 0.127 e. The lowest BCUT2D eigenvalue weighted by Crippen LogP contribution is -2.28. The molecule has 0 aromatic heterocycles. The Morgan fingerprint density at radius 3 is 2.47 bits per heavy atom. The summed E-state index contributed by atoms with van der Waals surface area (Å²) in [5.41, 5.74) is 0.717. The lowest BCUT2D eigenvalue weighted by atomic mass is 10.0. The highest BCUT2D eigenvalue weighted by Crippen LogP contribution is 2.19. The summed E-state index contributed by atoms with van der Waals surface area (Å²) in [5, 5.41) is 12.4. The van der Waals surface area contributed by atoms with E-state index in [4.69, 9.17) is 0 Å². The molecule has 1 aromatic carbocycles. The molecule has 4 heteroatoms. The van der Waals surface area contributed by atoms with E-state index in [1.54, 1.807) is 13.0 Å². The van der Waals surface area contributed by atoms with Gasteiger partial charge in [0.15, 0.2) is 0 Å². The Balaban J connectivity index is 2.47. The number of halogens is 1. The molecule has 0 fully saturated rings. The standard InChI is InChI=1S/C15H25FN2O/c1-12(19)8-10-18(3)11-9-15(17-2)13-6-4-5-7-14(13)16/h4-7,12,15,17,19H,8-11H2,1-3H3. The van der Waals surface area contributed by atoms with Gasteiger partial charge in [-0.25, -0.2) is 4.39 Å². The van der Waals surface area contributed by atoms with Gasteiger partial charge in [-0.2, -0.15) is 0 Å². The Hall–Kier alpha value is -0.970. The summed E-state index contributed by atoms with van der Waals surface area (Å²) >= 11 is 0. The summed E-state index contributed by atoms with van der Waals surface area (Å²) < 4.78 is 13.7. The predicted octanol–water partition coefficient (Wildman–Crippen LogP) is 2.18. The van der Waals surface area contributed by atoms with Crippen molar-refractivity contribution in [1.29, 1.82) is 0 Å². The van der Waals surface area contributed by atoms with Gasteiger partial charge in [-0.05, 0) is 46.5 Å². The van der Waals surface area contributed by atoms with E-state index in [-0.39, 0.29) is 18.0 Å². The van der Waals surface area contributed by atoms with E-state index in [0.29, 0.717) is 5.56 Å². The Labute approximate surface area is 115 Å². The van der Waals surface area contributed by atoms with Crippen LogP contribution in [0.3, 0.4) is 0 Å². The van der Waals surface area contributed by atoms with Crippen LogP contribution in [0.25, 0.3) is 0 Å². The van der Waals surface area contributed by atoms with Gasteiger partial charge in [0.05, 0.1) is 6.10 Å². The summed E-state index contributed by atoms with van der Waals surface area (Å²) in [6, 6.07) is 6.92. The van der Waals surface area contributed by atoms with Crippen molar-refractivity contribution in [2.45, 2.75) is 31.9 Å². The molecular formula is C15H25FN2O. The largest absolute Gasteiger partial charge is 0.393 e. The van der Waals surface area contributed by atoms with Gasteiger partial charge in [0.2, 0.25) is 0 Å². The molecule has 2 atom stereocenters. The molecule has 0 amide bonds. The van der Waals surface area contributed by atoms with Gasteiger partial charge < -0.3 is 15.3 Å². The van der Waals surface area contributed by atoms with Gasteiger partial charge in [0.25, 0.3) is 0 Å². The molecule has 0 heterocycles. The minimum atomic E-state index is -0.269. The first kappa shape index (κ1) is 16.1. The van der Waals surface area contributed by atoms with Gasteiger partial charge >= 0.3 is 0 Å². The zero-order chi connectivity index (χ0) is 14.3. The molecule has 3 nitrogen and oxygen atoms in total. The number of rotatable bonds is 8. The number of hydrogen-bond acceptors (Lipinski definition) is 3. The minimum absolute atomic E-state index is 0.0233. The maximum atomic E-state index is 13.7. The Bertz CT molecular complexity index is 371. The lowest BCUT2D eigenvalue weighted by Gasteiger charge is -2.22. The zero-order valence-corrected chi connectivity index (χ0v) is 12.1. The van der Waals surface area contributed by atoms with Crippen molar-refractivity contribution in [2.24, 2.45) is 0 Å². The van der Waals surface area contributed by atoms with Gasteiger partial charge in [-0.1, -0.05) is 18.2 Å². The van der Waals surface area contributed by atoms with Crippen LogP contribution in [-0.2, 0) is 0 Å². The first-order valence-electron chi connectivity index (χ1n) is 6.83. The molecule has 0 aliphatic heterocycles. The first-order chi connectivity index (χ1) is 9.04. The van der Waals surface area contributed by atoms with Crippen LogP contribution in [0, 0.1) is 5.82 Å². The third-order valence-corrected chi connectivity index (χ3v) is 3.36. The van der Waals surface area contributed by atoms with Crippen LogP contribution in [0.5, 0.6) is 0 Å². The van der Waals surface area contributed by atoms with E-state index < -0.39 is 0 Å². The first-order valence-corrected chi connectivity index (χ1v) is 6.83. The van der Waals surface area contributed by atoms with Crippen LogP contribution in [0.1, 0.15) is 31.4 Å². The molecule has 0 aliphatic carbocycles. The van der Waals surface area contributed by atoms with Crippen LogP contribution >= 0.6 is 0 Å². The molecule has 0 saturated carbocycles. The highest BCUT2D eigenvalue weighted by atomic mass is 19.1. The fourth-order valence-corrected chi connectivity index (χ4v) is 2.08. The summed E-state index contributed by atoms with van der Waals surface area (Å²) in [6.07, 6.45) is 1.34. The molecule has 1 aromatic rings. The van der Waals surface area contributed by atoms with Crippen LogP contribution in [0.15, 0.2) is 24.3 Å². The van der Waals surface area contributed by atoms with Gasteiger partial charge in [-0.15, -0.1) is 0 Å². The molecule has 1 rings (SSSR count). The van der Waals surface area contributed by atoms with Crippen molar-refractivity contribution in [1.82, 2.24) is 10.2 Å². The van der Waals surface area contributed by atoms with Crippen LogP contribution in [-0.4, -0.2) is 43.3 Å². The fourth-order valence-electron chi connectivity index (χ4n) is 2.08. The summed E-state index contributed by atoms with van der Waals surface area (Å²) in [7, 11) is 3.88. The van der Waals surface area contributed by atoms with Gasteiger partial charge in [0, 0.05) is 18.2 Å². The number of nitrogens with one attached hydrogen (secondary N) is 1. The second-order valence-electron chi connectivity index (χ2n) is 5.09. The SMILES string of the molecule is CNC(CCN(C)CCC(C)O)c1ccccc1F. The van der Waals surface area contributed by atoms with Gasteiger partial charge in [0.1, 0.15) is 5.82 Å². The van der Waals surface area contributed by atoms with Crippen LogP contribution in [0.2, 0.25) is 0 Å². The second kappa shape index (κ2) is 8.25. The molecule has 0 bridgehead atoms. The van der Waals surface area contributed by atoms with E-state index in [9.17, 15) is 9.50 Å². The summed E-state index contributed by atoms with van der Waals surface area (Å²) in [4.78, 5) is 2.16. The van der Waals surface area contributed by atoms with Crippen LogP contribution < -0.4 is 5.32 Å². The second-order valence-corrected chi connectivity index (χ2v) is 5.09. The number of hydrogen-bond donors (Lipinski definition) is 2. The Kier molecular flexibility index (Phi) is 6.99. The maximum Gasteiger partial charge on any atom is 0.127 e. The maximum absolute atomic E-state index is 13.7. The topological polar surface area (TPSA) is 35.5 Å². The highest BCUT2D eigenvalue weighted by Gasteiger charge is 2.14. The van der Waals surface area contributed by atoms with Gasteiger partial charge in [-0.3, -0.25) is 0 Å². The summed E-state index contributed by atoms with van der Waals surface area (Å²) in [6.45, 7) is 3.52. The molecular weight excluding hydrogens is 243 g/mol. The Morgan fingerprint density at radius 2 is 1.89 bits per heavy atom. The number of nitrogens with zero attached hydrogens (tertiary/aromatic N) is 1. The predicted molar refractivity (Wildman–Crippen MR) is 76.6 cm³/mol. The monoisotopic (exact) mass is 268 g/mol. The zero-order valence-electron chi connectivity index (χ0n) is 12.1. The van der Waals surface area contributed by atoms with Crippen molar-refractivity contribution in [3.05, 3.63) is 35.6 Å². The molecule has 2 N–H and O–H groups in total. The minimum Gasteiger partial charge on any atom is -0.393 e. The highest BCUT2D eigenvalue weighted by molar-refractivity contribution is 5.21. The molecule has 0 aliphatic rings. The van der Waals surface area contributed by atoms with Crippen molar-refractivity contribution in [3.8, 4) is 0 Å².